The molecule has 18 heteroatoms. The minimum Gasteiger partial charge on any atom is -1.00 e. The first-order chi connectivity index (χ1) is 5.00. The minimum absolute atomic E-state index is 0. The molecule has 0 fully saturated rings. The van der Waals surface area contributed by atoms with Gasteiger partial charge in [-0.3, -0.25) is 16.8 Å². The fourth-order valence-electron chi connectivity index (χ4n) is 0. The molecule has 0 unspecified atom stereocenters. The number of rotatable bonds is 0. The van der Waals surface area contributed by atoms with Gasteiger partial charge in [-0.25, -0.2) is 0 Å². The molecule has 0 rings (SSSR count). The van der Waals surface area contributed by atoms with E-state index in [-0.39, 0.29) is 177 Å². The van der Waals surface area contributed by atoms with Crippen LogP contribution in [0.4, 0.5) is 0 Å². The molecule has 0 aromatic heterocycles. The van der Waals surface area contributed by atoms with Gasteiger partial charge in [0, 0.05) is 20.8 Å². The largest absolute Gasteiger partial charge is 1.00 e. The molecule has 0 saturated carbocycles. The summed E-state index contributed by atoms with van der Waals surface area (Å²) in [4.78, 5) is 0. The van der Waals surface area contributed by atoms with Gasteiger partial charge < -0.3 is 28.7 Å². The minimum atomic E-state index is -5.17. The smallest absolute Gasteiger partial charge is 1.00 e. The number of hydrogen-bond donors (Lipinski definition) is 0. The van der Waals surface area contributed by atoms with E-state index in [1.165, 1.54) is 0 Å². The molecule has 0 radical (unpaired) electrons. The van der Waals surface area contributed by atoms with Crippen LogP contribution in [0.5, 0.6) is 0 Å². The van der Waals surface area contributed by atoms with Crippen molar-refractivity contribution in [3.05, 3.63) is 0 Å². The Kier molecular flexibility index (Phi) is 107. The van der Waals surface area contributed by atoms with Crippen molar-refractivity contribution in [2.45, 2.75) is 0 Å². The zero-order chi connectivity index (χ0) is 11.0. The Morgan fingerprint density at radius 1 is 0.444 bits per heavy atom. The monoisotopic (exact) mass is 362 g/mol. The fourth-order valence-corrected chi connectivity index (χ4v) is 0. The van der Waals surface area contributed by atoms with E-state index in [1.54, 1.807) is 0 Å². The summed E-state index contributed by atoms with van der Waals surface area (Å²) in [5, 5.41) is 14.0. The summed E-state index contributed by atoms with van der Waals surface area (Å²) in [5.74, 6) is 0. The molecular formula is Na6O10S2. The van der Waals surface area contributed by atoms with Gasteiger partial charge in [-0.2, -0.15) is 0 Å². The van der Waals surface area contributed by atoms with Crippen molar-refractivity contribution >= 4 is 20.8 Å². The summed E-state index contributed by atoms with van der Waals surface area (Å²) in [5.41, 5.74) is 0. The molecule has 0 aliphatic rings. The summed E-state index contributed by atoms with van der Waals surface area (Å²) in [6.45, 7) is 0. The van der Waals surface area contributed by atoms with Gasteiger partial charge in [-0.1, -0.05) is 0 Å². The standard InChI is InChI=1S/6Na.2H2O4S.O2/c;;;;;;2*1-5(2,3)4;1-2/h;;;;;;2*(H2,1,2,3,4);/q6*+1;;;-2/p-4. The first-order valence-corrected chi connectivity index (χ1v) is 4.17. The van der Waals surface area contributed by atoms with Crippen LogP contribution in [0.15, 0.2) is 0 Å². The van der Waals surface area contributed by atoms with Gasteiger partial charge in [-0.05, 0) is 0 Å². The molecule has 0 spiro atoms. The van der Waals surface area contributed by atoms with Crippen molar-refractivity contribution in [2.75, 3.05) is 0 Å². The molecule has 0 heterocycles. The topological polar surface area (TPSA) is 207 Å². The van der Waals surface area contributed by atoms with E-state index in [4.69, 9.17) is 45.6 Å². The molecule has 0 aliphatic carbocycles. The Hall–Kier alpha value is 5.66. The molecular weight excluding hydrogens is 362 g/mol. The van der Waals surface area contributed by atoms with Gasteiger partial charge in [-0.15, -0.1) is 0 Å². The van der Waals surface area contributed by atoms with Gasteiger partial charge in [0.2, 0.25) is 0 Å². The second-order valence-corrected chi connectivity index (χ2v) is 2.45. The van der Waals surface area contributed by atoms with Crippen molar-refractivity contribution in [3.63, 3.8) is 0 Å². The summed E-state index contributed by atoms with van der Waals surface area (Å²) in [6, 6.07) is 0. The maximum Gasteiger partial charge on any atom is 1.00 e. The third kappa shape index (κ3) is 289. The first-order valence-electron chi connectivity index (χ1n) is 1.50. The van der Waals surface area contributed by atoms with Crippen molar-refractivity contribution in [3.8, 4) is 0 Å². The SMILES string of the molecule is O=S(=O)([O-])[O-].O=S(=O)([O-])[O-].[Na+].[Na+].[Na+].[Na+].[Na+].[Na+].[O-][O-]. The molecule has 78 valence electrons. The zero-order valence-corrected chi connectivity index (χ0v) is 24.5. The second-order valence-electron chi connectivity index (χ2n) is 0.816. The summed E-state index contributed by atoms with van der Waals surface area (Å²) >= 11 is 0. The van der Waals surface area contributed by atoms with Crippen LogP contribution in [-0.4, -0.2) is 35.0 Å². The molecule has 0 aromatic rings. The molecule has 10 nitrogen and oxygen atoms in total. The van der Waals surface area contributed by atoms with Crippen LogP contribution in [0.25, 0.3) is 0 Å². The molecule has 0 saturated heterocycles. The van der Waals surface area contributed by atoms with Crippen LogP contribution in [0.3, 0.4) is 0 Å². The normalized spacial score (nSPS) is 6.78. The fraction of sp³-hybridized carbons (Fsp3) is 0. The molecule has 0 aliphatic heterocycles. The van der Waals surface area contributed by atoms with E-state index in [0.29, 0.717) is 0 Å². The van der Waals surface area contributed by atoms with Gasteiger partial charge in [0.25, 0.3) is 0 Å². The van der Waals surface area contributed by atoms with Crippen LogP contribution < -0.4 is 188 Å². The molecule has 0 N–H and O–H groups in total. The average Bonchev–Trinajstić information content (AvgIpc) is 1.59. The summed E-state index contributed by atoms with van der Waals surface area (Å²) in [7, 11) is -10.3. The zero-order valence-electron chi connectivity index (χ0n) is 10.9. The van der Waals surface area contributed by atoms with Gasteiger partial charge in [0.05, 0.1) is 0 Å². The Morgan fingerprint density at radius 2 is 0.444 bits per heavy atom. The molecule has 0 amide bonds. The van der Waals surface area contributed by atoms with E-state index < -0.39 is 20.8 Å². The van der Waals surface area contributed by atoms with E-state index in [1.807, 2.05) is 0 Å². The van der Waals surface area contributed by atoms with Gasteiger partial charge in [0.15, 0.2) is 0 Å². The summed E-state index contributed by atoms with van der Waals surface area (Å²) < 4.78 is 68.2. The predicted molar refractivity (Wildman–Crippen MR) is 20.9 cm³/mol. The average molecular weight is 362 g/mol. The quantitative estimate of drug-likeness (QED) is 0.131. The summed E-state index contributed by atoms with van der Waals surface area (Å²) in [6.07, 6.45) is 0. The van der Waals surface area contributed by atoms with Gasteiger partial charge in [0.1, 0.15) is 0 Å². The van der Waals surface area contributed by atoms with E-state index >= 15 is 0 Å². The Bertz CT molecular complexity index is 221. The third-order valence-electron chi connectivity index (χ3n) is 0. The van der Waals surface area contributed by atoms with E-state index in [0.717, 1.165) is 0 Å². The second kappa shape index (κ2) is 34.1. The van der Waals surface area contributed by atoms with Crippen LogP contribution in [0, 0.1) is 0 Å². The molecule has 18 heavy (non-hydrogen) atoms. The third-order valence-corrected chi connectivity index (χ3v) is 0. The van der Waals surface area contributed by atoms with E-state index in [9.17, 15) is 0 Å². The molecule has 0 aromatic carbocycles. The van der Waals surface area contributed by atoms with Crippen LogP contribution in [0.2, 0.25) is 0 Å². The predicted octanol–water partition coefficient (Wildman–Crippen LogP) is -23.0. The number of hydrogen-bond acceptors (Lipinski definition) is 10. The Labute approximate surface area is 238 Å². The van der Waals surface area contributed by atoms with E-state index in [2.05, 4.69) is 0 Å². The molecule has 0 atom stereocenters. The maximum atomic E-state index is 8.52. The van der Waals surface area contributed by atoms with Crippen molar-refractivity contribution in [2.24, 2.45) is 0 Å². The van der Waals surface area contributed by atoms with Crippen molar-refractivity contribution in [1.29, 1.82) is 0 Å². The maximum absolute atomic E-state index is 8.52. The van der Waals surface area contributed by atoms with Crippen LogP contribution >= 0.6 is 0 Å². The van der Waals surface area contributed by atoms with Crippen molar-refractivity contribution in [1.82, 2.24) is 0 Å². The Balaban J connectivity index is -0.00000000872. The molecule has 0 bridgehead atoms. The first kappa shape index (κ1) is 56.5. The van der Waals surface area contributed by atoms with Crippen LogP contribution in [-0.2, 0) is 20.8 Å². The Morgan fingerprint density at radius 3 is 0.444 bits per heavy atom. The van der Waals surface area contributed by atoms with Crippen LogP contribution in [0.1, 0.15) is 0 Å². The van der Waals surface area contributed by atoms with Gasteiger partial charge >= 0.3 is 177 Å². The van der Waals surface area contributed by atoms with Crippen molar-refractivity contribution < 1.29 is 223 Å².